The maximum Gasteiger partial charge on any atom is 0.522 e. The Bertz CT molecular complexity index is 195. The molecule has 0 spiro atoms. The van der Waals surface area contributed by atoms with Gasteiger partial charge >= 0.3 is 6.36 Å². The van der Waals surface area contributed by atoms with E-state index in [-0.39, 0.29) is 18.9 Å². The maximum absolute atomic E-state index is 11.5. The first-order valence-electron chi connectivity index (χ1n) is 3.71. The van der Waals surface area contributed by atoms with Gasteiger partial charge in [-0.2, -0.15) is 0 Å². The highest BCUT2D eigenvalue weighted by molar-refractivity contribution is 5.81. The Hall–Kier alpha value is -1.02. The van der Waals surface area contributed by atoms with Gasteiger partial charge in [0.25, 0.3) is 0 Å². The van der Waals surface area contributed by atoms with Gasteiger partial charge in [-0.15, -0.1) is 13.2 Å². The molecule has 0 aromatic heterocycles. The molecule has 84 valence electrons. The van der Waals surface area contributed by atoms with Crippen molar-refractivity contribution in [2.24, 2.45) is 10.9 Å². The van der Waals surface area contributed by atoms with Crippen LogP contribution in [0.5, 0.6) is 0 Å². The molecule has 0 aliphatic rings. The molecule has 3 N–H and O–H groups in total. The lowest BCUT2D eigenvalue weighted by molar-refractivity contribution is -0.324. The number of likely N-dealkylation sites (N-methyl/N-ethyl adjacent to an activating group) is 1. The van der Waals surface area contributed by atoms with E-state index in [1.165, 1.54) is 11.9 Å². The van der Waals surface area contributed by atoms with Gasteiger partial charge in [0.2, 0.25) is 0 Å². The third-order valence-electron chi connectivity index (χ3n) is 1.30. The lowest BCUT2D eigenvalue weighted by Gasteiger charge is -2.15. The van der Waals surface area contributed by atoms with Crippen molar-refractivity contribution in [3.8, 4) is 0 Å². The zero-order valence-electron chi connectivity index (χ0n) is 7.58. The van der Waals surface area contributed by atoms with E-state index in [2.05, 4.69) is 9.89 Å². The number of ether oxygens (including phenoxy) is 1. The van der Waals surface area contributed by atoms with Gasteiger partial charge in [0.15, 0.2) is 5.84 Å². The molecule has 0 radical (unpaired) electrons. The Morgan fingerprint density at radius 3 is 2.57 bits per heavy atom. The molecule has 0 saturated heterocycles. The number of alkyl halides is 3. The van der Waals surface area contributed by atoms with Crippen molar-refractivity contribution in [1.82, 2.24) is 4.90 Å². The number of halogens is 3. The van der Waals surface area contributed by atoms with Crippen molar-refractivity contribution < 1.29 is 23.1 Å². The second kappa shape index (κ2) is 5.66. The normalized spacial score (nSPS) is 13.6. The summed E-state index contributed by atoms with van der Waals surface area (Å²) in [6.45, 7) is -0.369. The number of oxime groups is 1. The summed E-state index contributed by atoms with van der Waals surface area (Å²) in [5.74, 6) is -0.0699. The van der Waals surface area contributed by atoms with Crippen LogP contribution in [0.1, 0.15) is 0 Å². The molecular formula is C6H12F3N3O2. The predicted molar refractivity (Wildman–Crippen MR) is 42.9 cm³/mol. The summed E-state index contributed by atoms with van der Waals surface area (Å²) in [6, 6.07) is 0. The van der Waals surface area contributed by atoms with E-state index < -0.39 is 13.0 Å². The van der Waals surface area contributed by atoms with Gasteiger partial charge in [0.1, 0.15) is 0 Å². The highest BCUT2D eigenvalue weighted by atomic mass is 19.4. The van der Waals surface area contributed by atoms with Gasteiger partial charge < -0.3 is 10.9 Å². The molecule has 0 fully saturated rings. The highest BCUT2D eigenvalue weighted by Gasteiger charge is 2.28. The van der Waals surface area contributed by atoms with Gasteiger partial charge in [-0.1, -0.05) is 5.16 Å². The van der Waals surface area contributed by atoms with Crippen LogP contribution >= 0.6 is 0 Å². The first-order valence-corrected chi connectivity index (χ1v) is 3.71. The highest BCUT2D eigenvalue weighted by Crippen LogP contribution is 2.15. The third kappa shape index (κ3) is 7.62. The molecule has 0 aliphatic carbocycles. The summed E-state index contributed by atoms with van der Waals surface area (Å²) in [4.78, 5) is 1.43. The number of hydrogen-bond acceptors (Lipinski definition) is 4. The Balaban J connectivity index is 3.60. The number of nitrogens with two attached hydrogens (primary N) is 1. The van der Waals surface area contributed by atoms with Crippen molar-refractivity contribution in [1.29, 1.82) is 0 Å². The fourth-order valence-corrected chi connectivity index (χ4v) is 0.704. The fourth-order valence-electron chi connectivity index (χ4n) is 0.704. The lowest BCUT2D eigenvalue weighted by Crippen LogP contribution is -2.34. The lowest BCUT2D eigenvalue weighted by atomic mass is 10.5. The Kier molecular flexibility index (Phi) is 5.24. The van der Waals surface area contributed by atoms with Crippen LogP contribution in [0.25, 0.3) is 0 Å². The molecule has 5 nitrogen and oxygen atoms in total. The summed E-state index contributed by atoms with van der Waals surface area (Å²) in [5, 5.41) is 10.8. The van der Waals surface area contributed by atoms with E-state index in [0.29, 0.717) is 0 Å². The largest absolute Gasteiger partial charge is 0.522 e. The van der Waals surface area contributed by atoms with E-state index in [1.54, 1.807) is 0 Å². The molecule has 0 aromatic rings. The Labute approximate surface area is 78.9 Å². The average molecular weight is 215 g/mol. The summed E-state index contributed by atoms with van der Waals surface area (Å²) >= 11 is 0. The maximum atomic E-state index is 11.5. The zero-order chi connectivity index (χ0) is 11.2. The topological polar surface area (TPSA) is 71.1 Å². The van der Waals surface area contributed by atoms with Crippen LogP contribution in [0, 0.1) is 0 Å². The minimum atomic E-state index is -4.61. The minimum absolute atomic E-state index is 0.0374. The molecule has 0 heterocycles. The van der Waals surface area contributed by atoms with Gasteiger partial charge in [-0.25, -0.2) is 0 Å². The molecule has 0 amide bonds. The fraction of sp³-hybridized carbons (Fsp3) is 0.833. The van der Waals surface area contributed by atoms with Crippen LogP contribution in [-0.2, 0) is 4.74 Å². The molecule has 0 bridgehead atoms. The van der Waals surface area contributed by atoms with Crippen LogP contribution in [-0.4, -0.2) is 49.0 Å². The summed E-state index contributed by atoms with van der Waals surface area (Å²) in [7, 11) is 1.53. The Morgan fingerprint density at radius 2 is 2.14 bits per heavy atom. The van der Waals surface area contributed by atoms with E-state index >= 15 is 0 Å². The van der Waals surface area contributed by atoms with E-state index in [1.807, 2.05) is 0 Å². The second-order valence-electron chi connectivity index (χ2n) is 2.62. The molecule has 0 aliphatic heterocycles. The van der Waals surface area contributed by atoms with Crippen molar-refractivity contribution >= 4 is 5.84 Å². The standard InChI is InChI=1S/C6H12F3N3O2/c1-12(4-5(10)11-13)2-3-14-6(7,8)9/h13H,2-4H2,1H3,(H2,10,11). The van der Waals surface area contributed by atoms with Crippen molar-refractivity contribution in [3.63, 3.8) is 0 Å². The number of amidine groups is 1. The summed E-state index contributed by atoms with van der Waals surface area (Å²) < 4.78 is 38.0. The molecule has 0 unspecified atom stereocenters. The van der Waals surface area contributed by atoms with Crippen LogP contribution in [0.3, 0.4) is 0 Å². The van der Waals surface area contributed by atoms with Crippen LogP contribution in [0.4, 0.5) is 13.2 Å². The first-order chi connectivity index (χ1) is 6.35. The van der Waals surface area contributed by atoms with Crippen LogP contribution in [0.2, 0.25) is 0 Å². The molecule has 14 heavy (non-hydrogen) atoms. The number of rotatable bonds is 5. The molecule has 0 saturated carbocycles. The van der Waals surface area contributed by atoms with Crippen LogP contribution in [0.15, 0.2) is 5.16 Å². The molecule has 0 rings (SSSR count). The van der Waals surface area contributed by atoms with Gasteiger partial charge in [0, 0.05) is 6.54 Å². The third-order valence-corrected chi connectivity index (χ3v) is 1.30. The van der Waals surface area contributed by atoms with Gasteiger partial charge in [-0.05, 0) is 7.05 Å². The average Bonchev–Trinajstić information content (AvgIpc) is 2.01. The van der Waals surface area contributed by atoms with E-state index in [4.69, 9.17) is 10.9 Å². The van der Waals surface area contributed by atoms with Crippen LogP contribution < -0.4 is 5.73 Å². The van der Waals surface area contributed by atoms with Crippen molar-refractivity contribution in [2.45, 2.75) is 6.36 Å². The monoisotopic (exact) mass is 215 g/mol. The minimum Gasteiger partial charge on any atom is -0.409 e. The number of nitrogens with zero attached hydrogens (tertiary/aromatic N) is 2. The smallest absolute Gasteiger partial charge is 0.409 e. The molecule has 0 atom stereocenters. The van der Waals surface area contributed by atoms with E-state index in [0.717, 1.165) is 0 Å². The van der Waals surface area contributed by atoms with E-state index in [9.17, 15) is 13.2 Å². The predicted octanol–water partition coefficient (Wildman–Crippen LogP) is 0.201. The number of hydrogen-bond donors (Lipinski definition) is 2. The second-order valence-corrected chi connectivity index (χ2v) is 2.62. The Morgan fingerprint density at radius 1 is 1.57 bits per heavy atom. The van der Waals surface area contributed by atoms with Gasteiger partial charge in [-0.3, -0.25) is 9.64 Å². The zero-order valence-corrected chi connectivity index (χ0v) is 7.58. The SMILES string of the molecule is CN(CCOC(F)(F)F)CC(N)=NO. The van der Waals surface area contributed by atoms with Crippen molar-refractivity contribution in [3.05, 3.63) is 0 Å². The molecule has 0 aromatic carbocycles. The van der Waals surface area contributed by atoms with Crippen molar-refractivity contribution in [2.75, 3.05) is 26.7 Å². The molecular weight excluding hydrogens is 203 g/mol. The van der Waals surface area contributed by atoms with Gasteiger partial charge in [0.05, 0.1) is 13.2 Å². The first kappa shape index (κ1) is 13.0. The summed E-state index contributed by atoms with van der Waals surface area (Å²) in [5.41, 5.74) is 5.13. The summed E-state index contributed by atoms with van der Waals surface area (Å²) in [6.07, 6.45) is -4.61. The molecule has 8 heteroatoms. The quantitative estimate of drug-likeness (QED) is 0.297.